The quantitative estimate of drug-likeness (QED) is 0.571. The van der Waals surface area contributed by atoms with Gasteiger partial charge in [-0.1, -0.05) is 0 Å². The van der Waals surface area contributed by atoms with Crippen LogP contribution < -0.4 is 14.5 Å². The maximum Gasteiger partial charge on any atom is 0.264 e. The number of hydrogen-bond donors (Lipinski definition) is 0. The Morgan fingerprint density at radius 3 is 2.45 bits per heavy atom. The number of benzene rings is 1. The Labute approximate surface area is 199 Å². The van der Waals surface area contributed by atoms with Crippen LogP contribution in [0.3, 0.4) is 0 Å². The van der Waals surface area contributed by atoms with Crippen molar-refractivity contribution in [2.45, 2.75) is 39.2 Å². The lowest BCUT2D eigenvalue weighted by atomic mass is 10.0. The van der Waals surface area contributed by atoms with Gasteiger partial charge in [0.1, 0.15) is 22.7 Å². The van der Waals surface area contributed by atoms with Gasteiger partial charge < -0.3 is 19.4 Å². The molecule has 174 valence electrons. The number of ether oxygens (including phenoxy) is 1. The van der Waals surface area contributed by atoms with Gasteiger partial charge in [-0.3, -0.25) is 4.79 Å². The van der Waals surface area contributed by atoms with Crippen LogP contribution in [0.25, 0.3) is 10.2 Å². The fourth-order valence-electron chi connectivity index (χ4n) is 5.00. The van der Waals surface area contributed by atoms with E-state index >= 15 is 0 Å². The molecule has 2 saturated heterocycles. The minimum atomic E-state index is 0.151. The van der Waals surface area contributed by atoms with E-state index in [2.05, 4.69) is 45.7 Å². The summed E-state index contributed by atoms with van der Waals surface area (Å²) in [6.07, 6.45) is 5.01. The summed E-state index contributed by atoms with van der Waals surface area (Å²) in [5.74, 6) is 1.98. The summed E-state index contributed by atoms with van der Waals surface area (Å²) in [5, 5.41) is 1.04. The molecule has 1 aromatic carbocycles. The van der Waals surface area contributed by atoms with Crippen LogP contribution in [0, 0.1) is 6.92 Å². The first-order valence-electron chi connectivity index (χ1n) is 11.8. The Hall–Kier alpha value is -2.87. The first-order valence-corrected chi connectivity index (χ1v) is 12.6. The molecule has 5 rings (SSSR count). The second-order valence-electron chi connectivity index (χ2n) is 8.95. The molecule has 4 heterocycles. The number of methoxy groups -OCH3 is 1. The third-order valence-electron chi connectivity index (χ3n) is 6.98. The Balaban J connectivity index is 1.37. The number of piperidine rings is 1. The molecule has 2 aliphatic rings. The standard InChI is InChI=1S/C25H31N5O2S/c1-17-6-4-5-11-30(17)25(31)22-18(2)21-23(26-16-27-24(21)33-22)29-14-12-28(13-15-29)19-7-9-20(32-3)10-8-19/h7-10,16-17H,4-6,11-15H2,1-3H3/t17-/m0/s1. The Morgan fingerprint density at radius 1 is 1.03 bits per heavy atom. The molecular weight excluding hydrogens is 434 g/mol. The second kappa shape index (κ2) is 9.17. The predicted octanol–water partition coefficient (Wildman–Crippen LogP) is 4.35. The first kappa shape index (κ1) is 21.9. The number of anilines is 2. The van der Waals surface area contributed by atoms with Crippen LogP contribution in [0.2, 0.25) is 0 Å². The Bertz CT molecular complexity index is 1140. The summed E-state index contributed by atoms with van der Waals surface area (Å²) in [6, 6.07) is 8.53. The van der Waals surface area contributed by atoms with E-state index in [1.807, 2.05) is 17.0 Å². The van der Waals surface area contributed by atoms with E-state index < -0.39 is 0 Å². The van der Waals surface area contributed by atoms with Crippen molar-refractivity contribution in [2.24, 2.45) is 0 Å². The molecule has 0 unspecified atom stereocenters. The van der Waals surface area contributed by atoms with Gasteiger partial charge in [0.2, 0.25) is 0 Å². The highest BCUT2D eigenvalue weighted by atomic mass is 32.1. The van der Waals surface area contributed by atoms with Gasteiger partial charge in [-0.2, -0.15) is 0 Å². The molecule has 0 aliphatic carbocycles. The zero-order chi connectivity index (χ0) is 22.9. The van der Waals surface area contributed by atoms with Gasteiger partial charge in [0, 0.05) is 44.5 Å². The van der Waals surface area contributed by atoms with Gasteiger partial charge in [-0.25, -0.2) is 9.97 Å². The number of aryl methyl sites for hydroxylation is 1. The van der Waals surface area contributed by atoms with E-state index in [0.717, 1.165) is 77.8 Å². The minimum absolute atomic E-state index is 0.151. The lowest BCUT2D eigenvalue weighted by Gasteiger charge is -2.37. The first-order chi connectivity index (χ1) is 16.1. The van der Waals surface area contributed by atoms with E-state index in [4.69, 9.17) is 4.74 Å². The number of rotatable bonds is 4. The highest BCUT2D eigenvalue weighted by Gasteiger charge is 2.29. The minimum Gasteiger partial charge on any atom is -0.497 e. The number of fused-ring (bicyclic) bond motifs is 1. The Kier molecular flexibility index (Phi) is 6.10. The second-order valence-corrected chi connectivity index (χ2v) is 9.95. The van der Waals surface area contributed by atoms with Crippen LogP contribution in [0.15, 0.2) is 30.6 Å². The van der Waals surface area contributed by atoms with Crippen LogP contribution in [0.1, 0.15) is 41.4 Å². The SMILES string of the molecule is COc1ccc(N2CCN(c3ncnc4sc(C(=O)N5CCCC[C@@H]5C)c(C)c34)CC2)cc1. The lowest BCUT2D eigenvalue weighted by molar-refractivity contribution is 0.0640. The molecule has 2 fully saturated rings. The number of carbonyl (C=O) groups is 1. The average Bonchev–Trinajstić information content (AvgIpc) is 3.21. The third-order valence-corrected chi connectivity index (χ3v) is 8.17. The third kappa shape index (κ3) is 4.12. The molecular formula is C25H31N5O2S. The number of amides is 1. The smallest absolute Gasteiger partial charge is 0.264 e. The fourth-order valence-corrected chi connectivity index (χ4v) is 6.10. The lowest BCUT2D eigenvalue weighted by Crippen LogP contribution is -2.47. The zero-order valence-corrected chi connectivity index (χ0v) is 20.4. The maximum atomic E-state index is 13.4. The normalized spacial score (nSPS) is 19.2. The summed E-state index contributed by atoms with van der Waals surface area (Å²) in [4.78, 5) is 31.1. The van der Waals surface area contributed by atoms with E-state index in [0.29, 0.717) is 6.04 Å². The van der Waals surface area contributed by atoms with Crippen molar-refractivity contribution in [3.63, 3.8) is 0 Å². The number of likely N-dealkylation sites (tertiary alicyclic amines) is 1. The van der Waals surface area contributed by atoms with Gasteiger partial charge in [0.25, 0.3) is 5.91 Å². The summed E-state index contributed by atoms with van der Waals surface area (Å²) >= 11 is 1.52. The van der Waals surface area contributed by atoms with Gasteiger partial charge in [0.05, 0.1) is 17.4 Å². The molecule has 0 spiro atoms. The molecule has 1 amide bonds. The molecule has 0 radical (unpaired) electrons. The number of thiophene rings is 1. The highest BCUT2D eigenvalue weighted by Crippen LogP contribution is 2.37. The molecule has 1 atom stereocenters. The van der Waals surface area contributed by atoms with Gasteiger partial charge in [0.15, 0.2) is 0 Å². The number of piperazine rings is 1. The number of hydrogen-bond acceptors (Lipinski definition) is 7. The van der Waals surface area contributed by atoms with E-state index in [9.17, 15) is 4.79 Å². The average molecular weight is 466 g/mol. The molecule has 33 heavy (non-hydrogen) atoms. The van der Waals surface area contributed by atoms with Crippen molar-refractivity contribution >= 4 is 39.0 Å². The number of carbonyl (C=O) groups excluding carboxylic acids is 1. The fraction of sp³-hybridized carbons (Fsp3) is 0.480. The van der Waals surface area contributed by atoms with Crippen LogP contribution in [-0.4, -0.2) is 66.7 Å². The van der Waals surface area contributed by atoms with Crippen molar-refractivity contribution < 1.29 is 9.53 Å². The zero-order valence-electron chi connectivity index (χ0n) is 19.6. The summed E-state index contributed by atoms with van der Waals surface area (Å²) in [6.45, 7) is 8.64. The van der Waals surface area contributed by atoms with Crippen LogP contribution >= 0.6 is 11.3 Å². The topological polar surface area (TPSA) is 61.8 Å². The molecule has 0 saturated carbocycles. The summed E-state index contributed by atoms with van der Waals surface area (Å²) in [7, 11) is 1.69. The van der Waals surface area contributed by atoms with Gasteiger partial charge >= 0.3 is 0 Å². The van der Waals surface area contributed by atoms with E-state index in [1.165, 1.54) is 23.4 Å². The predicted molar refractivity (Wildman–Crippen MR) is 134 cm³/mol. The van der Waals surface area contributed by atoms with Crippen molar-refractivity contribution in [2.75, 3.05) is 49.6 Å². The molecule has 3 aromatic rings. The number of nitrogens with zero attached hydrogens (tertiary/aromatic N) is 5. The monoisotopic (exact) mass is 465 g/mol. The molecule has 2 aromatic heterocycles. The molecule has 8 heteroatoms. The van der Waals surface area contributed by atoms with Crippen LogP contribution in [0.5, 0.6) is 5.75 Å². The van der Waals surface area contributed by atoms with E-state index in [-0.39, 0.29) is 5.91 Å². The van der Waals surface area contributed by atoms with Crippen LogP contribution in [-0.2, 0) is 0 Å². The van der Waals surface area contributed by atoms with Crippen LogP contribution in [0.4, 0.5) is 11.5 Å². The molecule has 0 bridgehead atoms. The molecule has 2 aliphatic heterocycles. The van der Waals surface area contributed by atoms with Crippen molar-refractivity contribution in [3.8, 4) is 5.75 Å². The molecule has 7 nitrogen and oxygen atoms in total. The van der Waals surface area contributed by atoms with E-state index in [1.54, 1.807) is 13.4 Å². The largest absolute Gasteiger partial charge is 0.497 e. The Morgan fingerprint density at radius 2 is 1.76 bits per heavy atom. The summed E-state index contributed by atoms with van der Waals surface area (Å²) in [5.41, 5.74) is 2.23. The van der Waals surface area contributed by atoms with Gasteiger partial charge in [-0.15, -0.1) is 11.3 Å². The van der Waals surface area contributed by atoms with Crippen molar-refractivity contribution in [3.05, 3.63) is 41.0 Å². The summed E-state index contributed by atoms with van der Waals surface area (Å²) < 4.78 is 5.28. The maximum absolute atomic E-state index is 13.4. The molecule has 0 N–H and O–H groups in total. The van der Waals surface area contributed by atoms with Crippen molar-refractivity contribution in [1.82, 2.24) is 14.9 Å². The number of aromatic nitrogens is 2. The van der Waals surface area contributed by atoms with Crippen molar-refractivity contribution in [1.29, 1.82) is 0 Å². The van der Waals surface area contributed by atoms with Gasteiger partial charge in [-0.05, 0) is 62.9 Å². The highest BCUT2D eigenvalue weighted by molar-refractivity contribution is 7.20.